The lowest BCUT2D eigenvalue weighted by atomic mass is 10.0. The fourth-order valence-electron chi connectivity index (χ4n) is 4.62. The van der Waals surface area contributed by atoms with Crippen molar-refractivity contribution in [2.45, 2.75) is 0 Å². The Kier molecular flexibility index (Phi) is 6.03. The molecule has 0 atom stereocenters. The van der Waals surface area contributed by atoms with Gasteiger partial charge < -0.3 is 8.80 Å². The summed E-state index contributed by atoms with van der Waals surface area (Å²) in [4.78, 5) is 0. The number of nitriles is 4. The Morgan fingerprint density at radius 1 is 0.525 bits per heavy atom. The molecule has 0 saturated carbocycles. The van der Waals surface area contributed by atoms with Gasteiger partial charge in [0.1, 0.15) is 58.7 Å². The molecule has 0 aliphatic carbocycles. The minimum absolute atomic E-state index is 0.430. The Morgan fingerprint density at radius 2 is 0.875 bits per heavy atom. The van der Waals surface area contributed by atoms with Gasteiger partial charge in [0.15, 0.2) is 11.6 Å². The molecule has 0 spiro atoms. The molecule has 0 aliphatic heterocycles. The standard InChI is InChI=1S/C28H8F6N6/c29-15-1-3-17(19(31)5-15)25-27-23(13(7-35)8-36)22(34)12-40(27)26(18-4-2-16(30)6-20(18)32)28-24(14(9-37)10-38)21(33)11-39(25)28/h1-6,11-12H. The number of hydrogen-bond donors (Lipinski definition) is 0. The molecule has 192 valence electrons. The van der Waals surface area contributed by atoms with Crippen LogP contribution in [-0.2, 0) is 0 Å². The van der Waals surface area contributed by atoms with Crippen LogP contribution in [0.4, 0.5) is 26.3 Å². The van der Waals surface area contributed by atoms with Crippen LogP contribution in [0, 0.1) is 80.2 Å². The molecular weight excluding hydrogens is 534 g/mol. The van der Waals surface area contributed by atoms with Crippen LogP contribution >= 0.6 is 0 Å². The van der Waals surface area contributed by atoms with Crippen molar-refractivity contribution in [1.82, 2.24) is 8.80 Å². The summed E-state index contributed by atoms with van der Waals surface area (Å²) in [7, 11) is 0. The van der Waals surface area contributed by atoms with E-state index in [2.05, 4.69) is 0 Å². The monoisotopic (exact) mass is 542 g/mol. The lowest BCUT2D eigenvalue weighted by Crippen LogP contribution is -2.15. The van der Waals surface area contributed by atoms with E-state index in [1.165, 1.54) is 24.3 Å². The molecule has 0 saturated heterocycles. The first-order valence-corrected chi connectivity index (χ1v) is 11.0. The second-order valence-electron chi connectivity index (χ2n) is 8.28. The molecule has 5 rings (SSSR count). The highest BCUT2D eigenvalue weighted by molar-refractivity contribution is 5.94. The zero-order chi connectivity index (χ0) is 28.9. The van der Waals surface area contributed by atoms with Gasteiger partial charge in [-0.25, -0.2) is 26.3 Å². The van der Waals surface area contributed by atoms with E-state index in [0.717, 1.165) is 33.1 Å². The lowest BCUT2D eigenvalue weighted by molar-refractivity contribution is 0.584. The molecular formula is C28H8F6N6. The maximum atomic E-state index is 15.5. The van der Waals surface area contributed by atoms with E-state index in [9.17, 15) is 29.8 Å². The fourth-order valence-corrected chi connectivity index (χ4v) is 4.62. The van der Waals surface area contributed by atoms with Crippen LogP contribution < -0.4 is 10.4 Å². The van der Waals surface area contributed by atoms with Crippen molar-refractivity contribution in [2.24, 2.45) is 0 Å². The van der Waals surface area contributed by atoms with Crippen molar-refractivity contribution >= 4 is 22.2 Å². The maximum absolute atomic E-state index is 15.5. The van der Waals surface area contributed by atoms with Gasteiger partial charge in [0, 0.05) is 35.7 Å². The minimum Gasteiger partial charge on any atom is -0.309 e. The largest absolute Gasteiger partial charge is 0.309 e. The summed E-state index contributed by atoms with van der Waals surface area (Å²) >= 11 is 0. The van der Waals surface area contributed by atoms with E-state index in [0.29, 0.717) is 24.5 Å². The van der Waals surface area contributed by atoms with Crippen LogP contribution in [0.3, 0.4) is 0 Å². The molecule has 3 aromatic heterocycles. The van der Waals surface area contributed by atoms with Gasteiger partial charge in [-0.2, -0.15) is 21.0 Å². The summed E-state index contributed by atoms with van der Waals surface area (Å²) in [6, 6.07) is 10.6. The second kappa shape index (κ2) is 9.40. The smallest absolute Gasteiger partial charge is 0.151 e. The van der Waals surface area contributed by atoms with E-state index >= 15 is 17.6 Å². The highest BCUT2D eigenvalue weighted by atomic mass is 19.2. The topological polar surface area (TPSA) is 104 Å². The molecule has 0 bridgehead atoms. The van der Waals surface area contributed by atoms with Gasteiger partial charge in [-0.15, -0.1) is 0 Å². The molecule has 0 fully saturated rings. The average molecular weight is 542 g/mol. The molecule has 0 N–H and O–H groups in total. The molecule has 0 aliphatic rings. The van der Waals surface area contributed by atoms with Gasteiger partial charge in [-0.05, 0) is 24.3 Å². The number of benzene rings is 2. The first kappa shape index (κ1) is 25.7. The lowest BCUT2D eigenvalue weighted by Gasteiger charge is -2.17. The summed E-state index contributed by atoms with van der Waals surface area (Å²) < 4.78 is 90.9. The first-order valence-electron chi connectivity index (χ1n) is 11.0. The van der Waals surface area contributed by atoms with Crippen LogP contribution in [0.25, 0.3) is 44.7 Å². The Hall–Kier alpha value is -5.98. The van der Waals surface area contributed by atoms with Crippen LogP contribution in [0.5, 0.6) is 0 Å². The van der Waals surface area contributed by atoms with E-state index in [1.807, 2.05) is 0 Å². The quantitative estimate of drug-likeness (QED) is 0.300. The van der Waals surface area contributed by atoms with E-state index in [1.54, 1.807) is 0 Å². The number of rotatable bonds is 2. The predicted molar refractivity (Wildman–Crippen MR) is 127 cm³/mol. The van der Waals surface area contributed by atoms with Crippen molar-refractivity contribution in [3.63, 3.8) is 0 Å². The Balaban J connectivity index is 2.29. The van der Waals surface area contributed by atoms with Gasteiger partial charge in [-0.3, -0.25) is 0 Å². The van der Waals surface area contributed by atoms with Crippen molar-refractivity contribution in [3.05, 3.63) is 94.1 Å². The highest BCUT2D eigenvalue weighted by Gasteiger charge is 2.27. The Labute approximate surface area is 219 Å². The SMILES string of the molecule is N#CC(C#N)=c1c(F)cn2c(-c3ccc(F)cc3F)c3c(=C(C#N)C#N)c(F)cn3c(-c3ccc(F)cc3F)c12. The number of nitrogens with zero attached hydrogens (tertiary/aromatic N) is 6. The molecule has 0 radical (unpaired) electrons. The molecule has 0 amide bonds. The van der Waals surface area contributed by atoms with E-state index in [4.69, 9.17) is 0 Å². The van der Waals surface area contributed by atoms with Gasteiger partial charge in [0.25, 0.3) is 0 Å². The number of aromatic nitrogens is 2. The normalized spacial score (nSPS) is 10.7. The van der Waals surface area contributed by atoms with Gasteiger partial charge in [0.05, 0.1) is 32.9 Å². The third kappa shape index (κ3) is 3.64. The summed E-state index contributed by atoms with van der Waals surface area (Å²) in [5.41, 5.74) is -4.25. The molecule has 0 unspecified atom stereocenters. The van der Waals surface area contributed by atoms with E-state index < -0.39 is 90.0 Å². The number of halogens is 6. The molecule has 5 aromatic rings. The first-order chi connectivity index (χ1) is 19.2. The fraction of sp³-hybridized carbons (Fsp3) is 0. The molecule has 3 heterocycles. The summed E-state index contributed by atoms with van der Waals surface area (Å²) in [5.74, 6) is -6.83. The zero-order valence-corrected chi connectivity index (χ0v) is 19.6. The van der Waals surface area contributed by atoms with Gasteiger partial charge in [-0.1, -0.05) is 0 Å². The van der Waals surface area contributed by atoms with Gasteiger partial charge >= 0.3 is 0 Å². The van der Waals surface area contributed by atoms with Crippen LogP contribution in [0.2, 0.25) is 0 Å². The van der Waals surface area contributed by atoms with Crippen LogP contribution in [0.15, 0.2) is 48.8 Å². The van der Waals surface area contributed by atoms with Crippen molar-refractivity contribution in [2.75, 3.05) is 0 Å². The highest BCUT2D eigenvalue weighted by Crippen LogP contribution is 2.35. The zero-order valence-electron chi connectivity index (χ0n) is 19.6. The van der Waals surface area contributed by atoms with Crippen molar-refractivity contribution < 1.29 is 26.3 Å². The number of hydrogen-bond acceptors (Lipinski definition) is 4. The molecule has 12 heteroatoms. The Bertz CT molecular complexity index is 2040. The number of fused-ring (bicyclic) bond motifs is 2. The maximum Gasteiger partial charge on any atom is 0.151 e. The minimum atomic E-state index is -1.22. The summed E-state index contributed by atoms with van der Waals surface area (Å²) in [6.45, 7) is 0. The second-order valence-corrected chi connectivity index (χ2v) is 8.28. The van der Waals surface area contributed by atoms with Crippen molar-refractivity contribution in [1.29, 1.82) is 21.0 Å². The summed E-state index contributed by atoms with van der Waals surface area (Å²) in [5, 5.41) is 36.8. The predicted octanol–water partition coefficient (Wildman–Crippen LogP) is 4.76. The third-order valence-corrected chi connectivity index (χ3v) is 6.17. The average Bonchev–Trinajstić information content (AvgIpc) is 3.42. The molecule has 6 nitrogen and oxygen atoms in total. The summed E-state index contributed by atoms with van der Waals surface area (Å²) in [6.07, 6.45) is 1.41. The van der Waals surface area contributed by atoms with E-state index in [-0.39, 0.29) is 0 Å². The van der Waals surface area contributed by atoms with Crippen molar-refractivity contribution in [3.8, 4) is 46.8 Å². The van der Waals surface area contributed by atoms with Crippen LogP contribution in [0.1, 0.15) is 0 Å². The van der Waals surface area contributed by atoms with Gasteiger partial charge in [0.2, 0.25) is 0 Å². The third-order valence-electron chi connectivity index (χ3n) is 6.17. The molecule has 2 aromatic carbocycles. The molecule has 40 heavy (non-hydrogen) atoms. The van der Waals surface area contributed by atoms with Crippen LogP contribution in [-0.4, -0.2) is 8.80 Å². The Morgan fingerprint density at radius 3 is 1.18 bits per heavy atom.